The molecule has 1 amide bonds. The maximum atomic E-state index is 12.1. The molecule has 1 atom stereocenters. The Morgan fingerprint density at radius 3 is 2.44 bits per heavy atom. The number of methoxy groups -OCH3 is 1. The Hall–Kier alpha value is -2.82. The van der Waals surface area contributed by atoms with E-state index >= 15 is 0 Å². The summed E-state index contributed by atoms with van der Waals surface area (Å²) >= 11 is 0. The Morgan fingerprint density at radius 2 is 1.76 bits per heavy atom. The summed E-state index contributed by atoms with van der Waals surface area (Å²) in [6.45, 7) is 3.85. The lowest BCUT2D eigenvalue weighted by molar-refractivity contribution is -0.154. The van der Waals surface area contributed by atoms with Crippen LogP contribution in [0.3, 0.4) is 0 Å². The van der Waals surface area contributed by atoms with Gasteiger partial charge in [0.2, 0.25) is 0 Å². The van der Waals surface area contributed by atoms with E-state index in [0.717, 1.165) is 16.7 Å². The fraction of sp³-hybridized carbons (Fsp3) is 0.300. The van der Waals surface area contributed by atoms with Gasteiger partial charge < -0.3 is 14.8 Å². The van der Waals surface area contributed by atoms with Crippen LogP contribution in [-0.2, 0) is 27.3 Å². The fourth-order valence-corrected chi connectivity index (χ4v) is 2.34. The number of carbonyl (C=O) groups is 2. The van der Waals surface area contributed by atoms with Crippen molar-refractivity contribution in [3.8, 4) is 5.75 Å². The van der Waals surface area contributed by atoms with E-state index in [0.29, 0.717) is 12.3 Å². The van der Waals surface area contributed by atoms with E-state index in [4.69, 9.17) is 9.47 Å². The zero-order chi connectivity index (χ0) is 18.2. The second-order valence-corrected chi connectivity index (χ2v) is 5.82. The lowest BCUT2D eigenvalue weighted by Gasteiger charge is -2.14. The van der Waals surface area contributed by atoms with Gasteiger partial charge in [-0.3, -0.25) is 9.59 Å². The highest BCUT2D eigenvalue weighted by Crippen LogP contribution is 2.16. The number of carbonyl (C=O) groups excluding carboxylic acids is 2. The van der Waals surface area contributed by atoms with Crippen LogP contribution in [0, 0.1) is 6.92 Å². The summed E-state index contributed by atoms with van der Waals surface area (Å²) in [5.74, 6) is -0.0706. The van der Waals surface area contributed by atoms with Gasteiger partial charge in [0, 0.05) is 12.1 Å². The van der Waals surface area contributed by atoms with E-state index in [9.17, 15) is 9.59 Å². The minimum absolute atomic E-state index is 0.143. The molecule has 132 valence electrons. The van der Waals surface area contributed by atoms with Crippen LogP contribution >= 0.6 is 0 Å². The first kappa shape index (κ1) is 18.5. The minimum atomic E-state index is -0.854. The minimum Gasteiger partial charge on any atom is -0.496 e. The normalized spacial score (nSPS) is 11.5. The summed E-state index contributed by atoms with van der Waals surface area (Å²) in [7, 11) is 1.58. The molecule has 0 radical (unpaired) electrons. The highest BCUT2D eigenvalue weighted by Gasteiger charge is 2.18. The van der Waals surface area contributed by atoms with Crippen LogP contribution in [-0.4, -0.2) is 25.1 Å². The number of ether oxygens (including phenoxy) is 2. The van der Waals surface area contributed by atoms with Crippen molar-refractivity contribution in [1.29, 1.82) is 0 Å². The standard InChI is InChI=1S/C20H23NO4/c1-14-8-10-16(11-9-14)12-19(22)25-15(2)20(23)21-13-17-6-4-5-7-18(17)24-3/h4-11,15H,12-13H2,1-3H3,(H,21,23)/t15-/m0/s1. The van der Waals surface area contributed by atoms with E-state index in [1.54, 1.807) is 14.0 Å². The zero-order valence-corrected chi connectivity index (χ0v) is 14.7. The van der Waals surface area contributed by atoms with Gasteiger partial charge in [0.15, 0.2) is 6.10 Å². The molecule has 0 aliphatic heterocycles. The first-order valence-corrected chi connectivity index (χ1v) is 8.14. The van der Waals surface area contributed by atoms with E-state index < -0.39 is 12.1 Å². The molecule has 0 heterocycles. The first-order valence-electron chi connectivity index (χ1n) is 8.14. The van der Waals surface area contributed by atoms with Crippen LogP contribution in [0.25, 0.3) is 0 Å². The van der Waals surface area contributed by atoms with Crippen LogP contribution in [0.1, 0.15) is 23.6 Å². The average molecular weight is 341 g/mol. The molecule has 0 saturated carbocycles. The summed E-state index contributed by atoms with van der Waals surface area (Å²) in [5.41, 5.74) is 2.84. The lowest BCUT2D eigenvalue weighted by Crippen LogP contribution is -2.35. The molecule has 5 nitrogen and oxygen atoms in total. The fourth-order valence-electron chi connectivity index (χ4n) is 2.34. The second kappa shape index (κ2) is 8.87. The molecular weight excluding hydrogens is 318 g/mol. The van der Waals surface area contributed by atoms with Gasteiger partial charge in [-0.15, -0.1) is 0 Å². The molecule has 2 aromatic carbocycles. The van der Waals surface area contributed by atoms with Crippen molar-refractivity contribution < 1.29 is 19.1 Å². The third-order valence-electron chi connectivity index (χ3n) is 3.79. The van der Waals surface area contributed by atoms with Gasteiger partial charge in [-0.2, -0.15) is 0 Å². The number of benzene rings is 2. The number of para-hydroxylation sites is 1. The summed E-state index contributed by atoms with van der Waals surface area (Å²) in [6.07, 6.45) is -0.711. The lowest BCUT2D eigenvalue weighted by atomic mass is 10.1. The van der Waals surface area contributed by atoms with Crippen LogP contribution in [0.5, 0.6) is 5.75 Å². The molecule has 0 saturated heterocycles. The van der Waals surface area contributed by atoms with Crippen LogP contribution in [0.4, 0.5) is 0 Å². The number of hydrogen-bond donors (Lipinski definition) is 1. The van der Waals surface area contributed by atoms with Crippen molar-refractivity contribution in [2.45, 2.75) is 32.9 Å². The molecule has 5 heteroatoms. The van der Waals surface area contributed by atoms with Crippen LogP contribution in [0.2, 0.25) is 0 Å². The van der Waals surface area contributed by atoms with Crippen molar-refractivity contribution in [2.75, 3.05) is 7.11 Å². The number of rotatable bonds is 7. The molecule has 0 bridgehead atoms. The Labute approximate surface area is 148 Å². The molecule has 0 spiro atoms. The number of amides is 1. The van der Waals surface area contributed by atoms with Gasteiger partial charge in [0.1, 0.15) is 5.75 Å². The molecular formula is C20H23NO4. The quantitative estimate of drug-likeness (QED) is 0.787. The molecule has 1 N–H and O–H groups in total. The molecule has 0 aliphatic rings. The Kier molecular flexibility index (Phi) is 6.57. The highest BCUT2D eigenvalue weighted by atomic mass is 16.5. The molecule has 0 aromatic heterocycles. The summed E-state index contributed by atoms with van der Waals surface area (Å²) in [5, 5.41) is 2.75. The van der Waals surface area contributed by atoms with Gasteiger partial charge in [-0.25, -0.2) is 0 Å². The van der Waals surface area contributed by atoms with Gasteiger partial charge >= 0.3 is 5.97 Å². The van der Waals surface area contributed by atoms with E-state index in [1.165, 1.54) is 0 Å². The van der Waals surface area contributed by atoms with Gasteiger partial charge in [-0.1, -0.05) is 48.0 Å². The number of hydrogen-bond acceptors (Lipinski definition) is 4. The molecule has 0 aliphatic carbocycles. The van der Waals surface area contributed by atoms with Crippen molar-refractivity contribution in [3.63, 3.8) is 0 Å². The summed E-state index contributed by atoms with van der Waals surface area (Å²) < 4.78 is 10.4. The molecule has 25 heavy (non-hydrogen) atoms. The topological polar surface area (TPSA) is 64.6 Å². The second-order valence-electron chi connectivity index (χ2n) is 5.82. The van der Waals surface area contributed by atoms with Gasteiger partial charge in [0.05, 0.1) is 13.5 Å². The largest absolute Gasteiger partial charge is 0.496 e. The van der Waals surface area contributed by atoms with Gasteiger partial charge in [-0.05, 0) is 25.5 Å². The number of aryl methyl sites for hydroxylation is 1. The third-order valence-corrected chi connectivity index (χ3v) is 3.79. The Balaban J connectivity index is 1.83. The third kappa shape index (κ3) is 5.64. The maximum Gasteiger partial charge on any atom is 0.311 e. The number of esters is 1. The van der Waals surface area contributed by atoms with Crippen molar-refractivity contribution in [2.24, 2.45) is 0 Å². The smallest absolute Gasteiger partial charge is 0.311 e. The van der Waals surface area contributed by atoms with Gasteiger partial charge in [0.25, 0.3) is 5.91 Å². The summed E-state index contributed by atoms with van der Waals surface area (Å²) in [6, 6.07) is 15.1. The highest BCUT2D eigenvalue weighted by molar-refractivity contribution is 5.83. The first-order chi connectivity index (χ1) is 12.0. The van der Waals surface area contributed by atoms with Crippen molar-refractivity contribution in [3.05, 3.63) is 65.2 Å². The van der Waals surface area contributed by atoms with E-state index in [1.807, 2.05) is 55.5 Å². The number of nitrogens with one attached hydrogen (secondary N) is 1. The van der Waals surface area contributed by atoms with Crippen molar-refractivity contribution in [1.82, 2.24) is 5.32 Å². The Bertz CT molecular complexity index is 725. The molecule has 2 aromatic rings. The van der Waals surface area contributed by atoms with E-state index in [2.05, 4.69) is 5.32 Å². The van der Waals surface area contributed by atoms with E-state index in [-0.39, 0.29) is 12.3 Å². The van der Waals surface area contributed by atoms with Crippen molar-refractivity contribution >= 4 is 11.9 Å². The molecule has 0 unspecified atom stereocenters. The Morgan fingerprint density at radius 1 is 1.08 bits per heavy atom. The maximum absolute atomic E-state index is 12.1. The molecule has 0 fully saturated rings. The monoisotopic (exact) mass is 341 g/mol. The predicted molar refractivity (Wildman–Crippen MR) is 95.3 cm³/mol. The summed E-state index contributed by atoms with van der Waals surface area (Å²) in [4.78, 5) is 24.1. The SMILES string of the molecule is COc1ccccc1CNC(=O)[C@H](C)OC(=O)Cc1ccc(C)cc1. The molecule has 2 rings (SSSR count). The average Bonchev–Trinajstić information content (AvgIpc) is 2.61. The van der Waals surface area contributed by atoms with Crippen LogP contribution in [0.15, 0.2) is 48.5 Å². The predicted octanol–water partition coefficient (Wildman–Crippen LogP) is 2.79. The zero-order valence-electron chi connectivity index (χ0n) is 14.7. The van der Waals surface area contributed by atoms with Crippen LogP contribution < -0.4 is 10.1 Å².